The molecule has 1 aliphatic rings. The maximum absolute atomic E-state index is 14.2. The van der Waals surface area contributed by atoms with Gasteiger partial charge in [0.15, 0.2) is 0 Å². The average Bonchev–Trinajstić information content (AvgIpc) is 3.41. The minimum Gasteiger partial charge on any atom is -0.484 e. The van der Waals surface area contributed by atoms with E-state index in [1.807, 2.05) is 19.1 Å². The van der Waals surface area contributed by atoms with Gasteiger partial charge in [0.1, 0.15) is 23.4 Å². The molecule has 1 heterocycles. The van der Waals surface area contributed by atoms with E-state index in [9.17, 15) is 9.18 Å². The number of carbonyl (C=O) groups excluding carboxylic acids is 1. The van der Waals surface area contributed by atoms with Crippen LogP contribution >= 0.6 is 0 Å². The zero-order valence-corrected chi connectivity index (χ0v) is 16.7. The number of halogens is 1. The molecule has 1 unspecified atom stereocenters. The summed E-state index contributed by atoms with van der Waals surface area (Å²) in [6, 6.07) is 11.6. The van der Waals surface area contributed by atoms with E-state index in [-0.39, 0.29) is 11.8 Å². The van der Waals surface area contributed by atoms with Crippen molar-refractivity contribution in [2.45, 2.75) is 38.7 Å². The molecule has 0 bridgehead atoms. The van der Waals surface area contributed by atoms with Crippen molar-refractivity contribution in [2.24, 2.45) is 11.7 Å². The number of hydrogen-bond donors (Lipinski definition) is 2. The number of aromatic nitrogens is 3. The Labute approximate surface area is 174 Å². The normalized spacial score (nSPS) is 14.3. The van der Waals surface area contributed by atoms with Crippen molar-refractivity contribution >= 4 is 11.7 Å². The highest BCUT2D eigenvalue weighted by Crippen LogP contribution is 2.33. The van der Waals surface area contributed by atoms with E-state index in [1.54, 1.807) is 12.3 Å². The van der Waals surface area contributed by atoms with E-state index in [0.717, 1.165) is 18.1 Å². The Morgan fingerprint density at radius 1 is 1.30 bits per heavy atom. The van der Waals surface area contributed by atoms with Gasteiger partial charge in [0.05, 0.1) is 17.6 Å². The second kappa shape index (κ2) is 8.52. The molecule has 8 heteroatoms. The molecule has 2 amide bonds. The van der Waals surface area contributed by atoms with Gasteiger partial charge in [0, 0.05) is 6.07 Å². The topological polar surface area (TPSA) is 95.1 Å². The van der Waals surface area contributed by atoms with E-state index < -0.39 is 11.8 Å². The zero-order chi connectivity index (χ0) is 21.1. The number of ether oxygens (including phenoxy) is 1. The highest BCUT2D eigenvalue weighted by atomic mass is 19.1. The summed E-state index contributed by atoms with van der Waals surface area (Å²) in [5.74, 6) is 1.00. The van der Waals surface area contributed by atoms with Crippen LogP contribution in [0.3, 0.4) is 0 Å². The highest BCUT2D eigenvalue weighted by molar-refractivity contribution is 5.88. The van der Waals surface area contributed by atoms with Gasteiger partial charge in [-0.2, -0.15) is 9.90 Å². The number of primary amides is 1. The molecule has 1 fully saturated rings. The number of benzene rings is 2. The Morgan fingerprint density at radius 3 is 2.70 bits per heavy atom. The minimum absolute atomic E-state index is 0.00136. The fourth-order valence-corrected chi connectivity index (χ4v) is 3.29. The molecule has 0 saturated heterocycles. The van der Waals surface area contributed by atoms with Crippen LogP contribution in [0.4, 0.5) is 14.9 Å². The van der Waals surface area contributed by atoms with Crippen LogP contribution in [0.5, 0.6) is 5.75 Å². The fraction of sp³-hybridized carbons (Fsp3) is 0.318. The summed E-state index contributed by atoms with van der Waals surface area (Å²) in [6.45, 7) is 2.01. The van der Waals surface area contributed by atoms with Crippen LogP contribution in [-0.4, -0.2) is 21.0 Å². The fourth-order valence-electron chi connectivity index (χ4n) is 3.29. The number of hydrogen-bond acceptors (Lipinski definition) is 4. The van der Waals surface area contributed by atoms with Gasteiger partial charge >= 0.3 is 6.03 Å². The third-order valence-electron chi connectivity index (χ3n) is 5.07. The third-order valence-corrected chi connectivity index (χ3v) is 5.07. The van der Waals surface area contributed by atoms with Crippen molar-refractivity contribution in [3.63, 3.8) is 0 Å². The van der Waals surface area contributed by atoms with Crippen LogP contribution in [0.15, 0.2) is 48.7 Å². The van der Waals surface area contributed by atoms with Gasteiger partial charge in [-0.25, -0.2) is 9.18 Å². The zero-order valence-electron chi connectivity index (χ0n) is 16.7. The molecule has 3 aromatic rings. The van der Waals surface area contributed by atoms with E-state index in [1.165, 1.54) is 35.3 Å². The number of nitrogens with one attached hydrogen (secondary N) is 1. The van der Waals surface area contributed by atoms with Crippen molar-refractivity contribution in [3.8, 4) is 11.4 Å². The van der Waals surface area contributed by atoms with Crippen LogP contribution in [0.1, 0.15) is 43.5 Å². The Bertz CT molecular complexity index is 1030. The van der Waals surface area contributed by atoms with Crippen LogP contribution in [0, 0.1) is 11.7 Å². The number of nitrogens with zero attached hydrogens (tertiary/aromatic N) is 3. The molecule has 0 radical (unpaired) electrons. The molecule has 1 aromatic heterocycles. The van der Waals surface area contributed by atoms with Gasteiger partial charge in [-0.05, 0) is 61.4 Å². The molecule has 1 atom stereocenters. The molecular formula is C22H24FN5O2. The van der Waals surface area contributed by atoms with Gasteiger partial charge in [-0.15, -0.1) is 5.10 Å². The molecule has 0 aliphatic heterocycles. The van der Waals surface area contributed by atoms with Crippen molar-refractivity contribution in [1.82, 2.24) is 15.0 Å². The molecule has 156 valence electrons. The van der Waals surface area contributed by atoms with E-state index in [2.05, 4.69) is 27.6 Å². The second-order valence-electron chi connectivity index (χ2n) is 7.52. The predicted molar refractivity (Wildman–Crippen MR) is 111 cm³/mol. The molecule has 3 N–H and O–H groups in total. The highest BCUT2D eigenvalue weighted by Gasteiger charge is 2.21. The average molecular weight is 409 g/mol. The Hall–Kier alpha value is -3.42. The summed E-state index contributed by atoms with van der Waals surface area (Å²) in [5, 5.41) is 10.9. The first kappa shape index (κ1) is 19.9. The summed E-state index contributed by atoms with van der Waals surface area (Å²) >= 11 is 0. The van der Waals surface area contributed by atoms with Gasteiger partial charge in [-0.3, -0.25) is 0 Å². The summed E-state index contributed by atoms with van der Waals surface area (Å²) < 4.78 is 20.3. The first-order valence-electron chi connectivity index (χ1n) is 10.1. The number of urea groups is 1. The molecule has 7 nitrogen and oxygen atoms in total. The van der Waals surface area contributed by atoms with Crippen LogP contribution in [0.25, 0.3) is 5.69 Å². The van der Waals surface area contributed by atoms with E-state index in [0.29, 0.717) is 17.8 Å². The number of anilines is 1. The maximum Gasteiger partial charge on any atom is 0.316 e. The van der Waals surface area contributed by atoms with Gasteiger partial charge in [-0.1, -0.05) is 19.1 Å². The Kier molecular flexibility index (Phi) is 5.65. The first-order valence-corrected chi connectivity index (χ1v) is 10.1. The number of carbonyl (C=O) groups is 1. The molecule has 1 aliphatic carbocycles. The molecule has 0 spiro atoms. The Balaban J connectivity index is 1.46. The number of amides is 2. The standard InChI is InChI=1S/C22H24FN5O2/c1-2-21(30-17-8-5-15(6-9-17)11-14-3-4-14)20-13-25-28(27-20)16-7-10-19(18(23)12-16)26-22(24)29/h5-10,12-14,21H,2-4,11H2,1H3,(H3,24,26,29). The van der Waals surface area contributed by atoms with Crippen LogP contribution in [-0.2, 0) is 6.42 Å². The molecule has 4 rings (SSSR count). The van der Waals surface area contributed by atoms with Gasteiger partial charge < -0.3 is 15.8 Å². The second-order valence-corrected chi connectivity index (χ2v) is 7.52. The largest absolute Gasteiger partial charge is 0.484 e. The SMILES string of the molecule is CCC(Oc1ccc(CC2CC2)cc1)c1cnn(-c2ccc(NC(N)=O)c(F)c2)n1. The molecule has 2 aromatic carbocycles. The predicted octanol–water partition coefficient (Wildman–Crippen LogP) is 4.38. The van der Waals surface area contributed by atoms with Crippen molar-refractivity contribution < 1.29 is 13.9 Å². The smallest absolute Gasteiger partial charge is 0.316 e. The van der Waals surface area contributed by atoms with Gasteiger partial charge in [0.2, 0.25) is 0 Å². The van der Waals surface area contributed by atoms with Crippen LogP contribution in [0.2, 0.25) is 0 Å². The maximum atomic E-state index is 14.2. The van der Waals surface area contributed by atoms with Gasteiger partial charge in [0.25, 0.3) is 0 Å². The lowest BCUT2D eigenvalue weighted by molar-refractivity contribution is 0.196. The quantitative estimate of drug-likeness (QED) is 0.577. The number of nitrogens with two attached hydrogens (primary N) is 1. The third kappa shape index (κ3) is 4.76. The number of rotatable bonds is 8. The monoisotopic (exact) mass is 409 g/mol. The lowest BCUT2D eigenvalue weighted by atomic mass is 10.1. The van der Waals surface area contributed by atoms with E-state index >= 15 is 0 Å². The summed E-state index contributed by atoms with van der Waals surface area (Å²) in [6.07, 6.45) is 5.85. The first-order chi connectivity index (χ1) is 14.5. The minimum atomic E-state index is -0.829. The van der Waals surface area contributed by atoms with Crippen molar-refractivity contribution in [3.05, 3.63) is 65.7 Å². The lowest BCUT2D eigenvalue weighted by Gasteiger charge is -2.15. The lowest BCUT2D eigenvalue weighted by Crippen LogP contribution is -2.20. The summed E-state index contributed by atoms with van der Waals surface area (Å²) in [4.78, 5) is 12.2. The van der Waals surface area contributed by atoms with Crippen LogP contribution < -0.4 is 15.8 Å². The van der Waals surface area contributed by atoms with Crippen molar-refractivity contribution in [2.75, 3.05) is 5.32 Å². The molecular weight excluding hydrogens is 385 g/mol. The Morgan fingerprint density at radius 2 is 2.07 bits per heavy atom. The molecule has 1 saturated carbocycles. The van der Waals surface area contributed by atoms with Crippen molar-refractivity contribution in [1.29, 1.82) is 0 Å². The summed E-state index contributed by atoms with van der Waals surface area (Å²) in [5.41, 5.74) is 7.44. The summed E-state index contributed by atoms with van der Waals surface area (Å²) in [7, 11) is 0. The molecule has 30 heavy (non-hydrogen) atoms. The van der Waals surface area contributed by atoms with E-state index in [4.69, 9.17) is 10.5 Å².